The third kappa shape index (κ3) is 5.49. The van der Waals surface area contributed by atoms with Gasteiger partial charge in [-0.25, -0.2) is 0 Å². The van der Waals surface area contributed by atoms with E-state index in [1.165, 1.54) is 32.1 Å². The molecule has 5 nitrogen and oxygen atoms in total. The molecule has 0 amide bonds. The minimum atomic E-state index is 0.0992. The third-order valence-corrected chi connectivity index (χ3v) is 3.05. The molecule has 2 N–H and O–H groups in total. The van der Waals surface area contributed by atoms with Gasteiger partial charge in [-0.05, 0) is 20.4 Å². The molecule has 0 spiro atoms. The first-order chi connectivity index (χ1) is 8.77. The van der Waals surface area contributed by atoms with E-state index in [1.807, 2.05) is 14.0 Å². The Labute approximate surface area is 110 Å². The molecule has 1 rings (SSSR count). The van der Waals surface area contributed by atoms with Crippen LogP contribution in [-0.2, 0) is 0 Å². The molecular formula is C13H26N4O. The van der Waals surface area contributed by atoms with Crippen LogP contribution in [0, 0.1) is 0 Å². The molecule has 104 valence electrons. The van der Waals surface area contributed by atoms with Gasteiger partial charge < -0.3 is 15.1 Å². The second-order valence-electron chi connectivity index (χ2n) is 4.65. The summed E-state index contributed by atoms with van der Waals surface area (Å²) >= 11 is 0. The van der Waals surface area contributed by atoms with Crippen molar-refractivity contribution in [3.63, 3.8) is 0 Å². The Morgan fingerprint density at radius 3 is 2.56 bits per heavy atom. The maximum absolute atomic E-state index is 5.49. The molecule has 0 saturated heterocycles. The Kier molecular flexibility index (Phi) is 7.41. The number of hydrogen-bond acceptors (Lipinski definition) is 5. The monoisotopic (exact) mass is 254 g/mol. The van der Waals surface area contributed by atoms with Gasteiger partial charge in [-0.2, -0.15) is 0 Å². The molecule has 1 unspecified atom stereocenters. The summed E-state index contributed by atoms with van der Waals surface area (Å²) in [7, 11) is 1.87. The lowest BCUT2D eigenvalue weighted by atomic mass is 10.1. The highest BCUT2D eigenvalue weighted by atomic mass is 16.4. The summed E-state index contributed by atoms with van der Waals surface area (Å²) in [6, 6.07) is 0.628. The van der Waals surface area contributed by atoms with E-state index >= 15 is 0 Å². The number of unbranched alkanes of at least 4 members (excludes halogenated alkanes) is 5. The van der Waals surface area contributed by atoms with E-state index < -0.39 is 0 Å². The number of aromatic nitrogens is 2. The van der Waals surface area contributed by atoms with Crippen LogP contribution < -0.4 is 10.6 Å². The van der Waals surface area contributed by atoms with Crippen molar-refractivity contribution in [2.24, 2.45) is 0 Å². The summed E-state index contributed by atoms with van der Waals surface area (Å²) in [6.07, 6.45) is 7.74. The first-order valence-corrected chi connectivity index (χ1v) is 7.02. The van der Waals surface area contributed by atoms with Gasteiger partial charge in [-0.1, -0.05) is 44.1 Å². The zero-order valence-electron chi connectivity index (χ0n) is 11.8. The molecular weight excluding hydrogens is 228 g/mol. The van der Waals surface area contributed by atoms with Crippen molar-refractivity contribution in [3.8, 4) is 0 Å². The van der Waals surface area contributed by atoms with Crippen molar-refractivity contribution in [1.82, 2.24) is 15.5 Å². The third-order valence-electron chi connectivity index (χ3n) is 3.05. The summed E-state index contributed by atoms with van der Waals surface area (Å²) in [6.45, 7) is 5.13. The first kappa shape index (κ1) is 15.0. The topological polar surface area (TPSA) is 63.0 Å². The lowest BCUT2D eigenvalue weighted by Gasteiger charge is -2.03. The van der Waals surface area contributed by atoms with E-state index in [0.29, 0.717) is 11.9 Å². The van der Waals surface area contributed by atoms with E-state index in [4.69, 9.17) is 4.42 Å². The van der Waals surface area contributed by atoms with E-state index in [2.05, 4.69) is 27.8 Å². The van der Waals surface area contributed by atoms with Crippen LogP contribution in [-0.4, -0.2) is 23.8 Å². The van der Waals surface area contributed by atoms with Crippen molar-refractivity contribution < 1.29 is 4.42 Å². The van der Waals surface area contributed by atoms with E-state index in [9.17, 15) is 0 Å². The smallest absolute Gasteiger partial charge is 0.315 e. The van der Waals surface area contributed by atoms with Crippen LogP contribution >= 0.6 is 0 Å². The van der Waals surface area contributed by atoms with Gasteiger partial charge >= 0.3 is 6.01 Å². The fraction of sp³-hybridized carbons (Fsp3) is 0.846. The molecule has 1 heterocycles. The number of hydrogen-bond donors (Lipinski definition) is 2. The minimum Gasteiger partial charge on any atom is -0.406 e. The van der Waals surface area contributed by atoms with Gasteiger partial charge in [0.25, 0.3) is 0 Å². The highest BCUT2D eigenvalue weighted by Crippen LogP contribution is 2.13. The first-order valence-electron chi connectivity index (χ1n) is 7.02. The zero-order chi connectivity index (χ0) is 13.2. The Hall–Kier alpha value is -1.10. The van der Waals surface area contributed by atoms with Gasteiger partial charge in [0.2, 0.25) is 5.89 Å². The molecule has 0 aliphatic heterocycles. The van der Waals surface area contributed by atoms with Gasteiger partial charge in [0.15, 0.2) is 0 Å². The van der Waals surface area contributed by atoms with E-state index in [1.54, 1.807) is 0 Å². The Morgan fingerprint density at radius 1 is 1.11 bits per heavy atom. The van der Waals surface area contributed by atoms with Gasteiger partial charge in [-0.15, -0.1) is 5.10 Å². The lowest BCUT2D eigenvalue weighted by Crippen LogP contribution is -2.12. The second-order valence-corrected chi connectivity index (χ2v) is 4.65. The summed E-state index contributed by atoms with van der Waals surface area (Å²) in [4.78, 5) is 0. The molecule has 0 aliphatic rings. The van der Waals surface area contributed by atoms with Crippen LogP contribution in [0.3, 0.4) is 0 Å². The quantitative estimate of drug-likeness (QED) is 0.628. The molecule has 0 aromatic carbocycles. The fourth-order valence-corrected chi connectivity index (χ4v) is 1.71. The van der Waals surface area contributed by atoms with Gasteiger partial charge in [0.05, 0.1) is 6.04 Å². The molecule has 0 fully saturated rings. The largest absolute Gasteiger partial charge is 0.406 e. The summed E-state index contributed by atoms with van der Waals surface area (Å²) in [5.41, 5.74) is 0. The van der Waals surface area contributed by atoms with Gasteiger partial charge in [0, 0.05) is 6.54 Å². The second kappa shape index (κ2) is 8.91. The van der Waals surface area contributed by atoms with E-state index in [0.717, 1.165) is 13.0 Å². The number of anilines is 1. The van der Waals surface area contributed by atoms with Crippen LogP contribution in [0.2, 0.25) is 0 Å². The maximum atomic E-state index is 5.49. The van der Waals surface area contributed by atoms with Crippen LogP contribution in [0.4, 0.5) is 6.01 Å². The molecule has 0 aliphatic carbocycles. The van der Waals surface area contributed by atoms with Gasteiger partial charge in [0.1, 0.15) is 0 Å². The Morgan fingerprint density at radius 2 is 1.83 bits per heavy atom. The standard InChI is InChI=1S/C13H26N4O/c1-4-5-6-7-8-9-10-15-13-17-16-12(18-13)11(2)14-3/h11,14H,4-10H2,1-3H3,(H,15,17). The molecule has 1 aromatic heterocycles. The average Bonchev–Trinajstić information content (AvgIpc) is 2.85. The molecule has 5 heteroatoms. The highest BCUT2D eigenvalue weighted by molar-refractivity contribution is 5.16. The predicted molar refractivity (Wildman–Crippen MR) is 73.6 cm³/mol. The van der Waals surface area contributed by atoms with Crippen LogP contribution in [0.5, 0.6) is 0 Å². The number of nitrogens with zero attached hydrogens (tertiary/aromatic N) is 2. The van der Waals surface area contributed by atoms with Crippen LogP contribution in [0.1, 0.15) is 64.3 Å². The normalized spacial score (nSPS) is 12.6. The molecule has 18 heavy (non-hydrogen) atoms. The van der Waals surface area contributed by atoms with Crippen molar-refractivity contribution in [1.29, 1.82) is 0 Å². The summed E-state index contributed by atoms with van der Waals surface area (Å²) in [5, 5.41) is 14.2. The number of nitrogens with one attached hydrogen (secondary N) is 2. The minimum absolute atomic E-state index is 0.0992. The van der Waals surface area contributed by atoms with Crippen molar-refractivity contribution in [2.45, 2.75) is 58.4 Å². The summed E-state index contributed by atoms with van der Waals surface area (Å²) < 4.78 is 5.49. The predicted octanol–water partition coefficient (Wildman–Crippen LogP) is 3.12. The maximum Gasteiger partial charge on any atom is 0.315 e. The molecule has 0 radical (unpaired) electrons. The molecule has 0 bridgehead atoms. The van der Waals surface area contributed by atoms with Crippen LogP contribution in [0.15, 0.2) is 4.42 Å². The SMILES string of the molecule is CCCCCCCCNc1nnc(C(C)NC)o1. The number of rotatable bonds is 10. The average molecular weight is 254 g/mol. The molecule has 0 saturated carbocycles. The van der Waals surface area contributed by atoms with Crippen molar-refractivity contribution in [3.05, 3.63) is 5.89 Å². The van der Waals surface area contributed by atoms with Crippen molar-refractivity contribution in [2.75, 3.05) is 18.9 Å². The Bertz CT molecular complexity index is 314. The zero-order valence-corrected chi connectivity index (χ0v) is 11.8. The Balaban J connectivity index is 2.10. The van der Waals surface area contributed by atoms with Crippen LogP contribution in [0.25, 0.3) is 0 Å². The van der Waals surface area contributed by atoms with Crippen molar-refractivity contribution >= 4 is 6.01 Å². The molecule has 1 aromatic rings. The lowest BCUT2D eigenvalue weighted by molar-refractivity contribution is 0.440. The highest BCUT2D eigenvalue weighted by Gasteiger charge is 2.10. The summed E-state index contributed by atoms with van der Waals surface area (Å²) in [5.74, 6) is 0.628. The van der Waals surface area contributed by atoms with E-state index in [-0.39, 0.29) is 6.04 Å². The molecule has 1 atom stereocenters. The fourth-order valence-electron chi connectivity index (χ4n) is 1.71. The van der Waals surface area contributed by atoms with Gasteiger partial charge in [-0.3, -0.25) is 0 Å².